The Hall–Kier alpha value is -1.46. The van der Waals surface area contributed by atoms with E-state index in [-0.39, 0.29) is 5.76 Å². The van der Waals surface area contributed by atoms with Crippen molar-refractivity contribution in [3.05, 3.63) is 17.6 Å². The zero-order valence-electron chi connectivity index (χ0n) is 6.61. The summed E-state index contributed by atoms with van der Waals surface area (Å²) < 4.78 is 45.1. The Morgan fingerprint density at radius 1 is 1.54 bits per heavy atom. The summed E-state index contributed by atoms with van der Waals surface area (Å²) in [5.74, 6) is -1.61. The number of rotatable bonds is 2. The van der Waals surface area contributed by atoms with Crippen LogP contribution in [-0.4, -0.2) is 6.40 Å². The monoisotopic (exact) mass is 193 g/mol. The molecular weight excluding hydrogens is 187 g/mol. The van der Waals surface area contributed by atoms with Gasteiger partial charge in [0.2, 0.25) is 0 Å². The zero-order valence-corrected chi connectivity index (χ0v) is 6.61. The molecule has 0 spiro atoms. The maximum absolute atomic E-state index is 12.1. The molecule has 1 rings (SSSR count). The molecule has 1 heterocycles. The van der Waals surface area contributed by atoms with Crippen LogP contribution < -0.4 is 4.74 Å². The van der Waals surface area contributed by atoms with E-state index in [1.54, 1.807) is 0 Å². The van der Waals surface area contributed by atoms with Crippen molar-refractivity contribution < 1.29 is 22.3 Å². The summed E-state index contributed by atoms with van der Waals surface area (Å²) in [6.07, 6.45) is -4.17. The molecule has 1 N–H and O–H groups in total. The van der Waals surface area contributed by atoms with Crippen LogP contribution in [0.15, 0.2) is 10.5 Å². The first-order valence-corrected chi connectivity index (χ1v) is 3.28. The molecule has 0 unspecified atom stereocenters. The van der Waals surface area contributed by atoms with Gasteiger partial charge in [-0.2, -0.15) is 13.2 Å². The fraction of sp³-hybridized carbons (Fsp3) is 0.286. The second kappa shape index (κ2) is 3.12. The molecule has 0 aliphatic rings. The standard InChI is InChI=1S/C7H6F3NO2/c1-4-2-5(12-3-11)6(13-4)7(8,9)10/h2-3,11H,1H3. The fourth-order valence-corrected chi connectivity index (χ4v) is 0.839. The van der Waals surface area contributed by atoms with Gasteiger partial charge in [-0.25, -0.2) is 0 Å². The molecule has 0 radical (unpaired) electrons. The van der Waals surface area contributed by atoms with Crippen molar-refractivity contribution in [2.24, 2.45) is 0 Å². The van der Waals surface area contributed by atoms with Crippen LogP contribution in [0, 0.1) is 12.3 Å². The van der Waals surface area contributed by atoms with Crippen molar-refractivity contribution in [3.63, 3.8) is 0 Å². The minimum absolute atomic E-state index is 0.0872. The smallest absolute Gasteiger partial charge is 0.453 e. The molecule has 72 valence electrons. The first-order valence-electron chi connectivity index (χ1n) is 3.28. The molecule has 0 fully saturated rings. The molecule has 1 aromatic rings. The van der Waals surface area contributed by atoms with Crippen molar-refractivity contribution in [2.45, 2.75) is 13.1 Å². The van der Waals surface area contributed by atoms with Crippen LogP contribution in [0.2, 0.25) is 0 Å². The van der Waals surface area contributed by atoms with E-state index in [9.17, 15) is 13.2 Å². The third kappa shape index (κ3) is 2.01. The number of halogens is 3. The second-order valence-electron chi connectivity index (χ2n) is 2.28. The van der Waals surface area contributed by atoms with E-state index in [1.165, 1.54) is 6.92 Å². The fourth-order valence-electron chi connectivity index (χ4n) is 0.839. The minimum Gasteiger partial charge on any atom is -0.453 e. The van der Waals surface area contributed by atoms with Gasteiger partial charge in [-0.3, -0.25) is 5.41 Å². The predicted octanol–water partition coefficient (Wildman–Crippen LogP) is 2.59. The Kier molecular flexibility index (Phi) is 2.31. The summed E-state index contributed by atoms with van der Waals surface area (Å²) in [7, 11) is 0. The van der Waals surface area contributed by atoms with Crippen molar-refractivity contribution in [1.82, 2.24) is 0 Å². The average molecular weight is 193 g/mol. The highest BCUT2D eigenvalue weighted by atomic mass is 19.4. The third-order valence-electron chi connectivity index (χ3n) is 1.26. The van der Waals surface area contributed by atoms with Crippen LogP contribution >= 0.6 is 0 Å². The molecule has 0 aromatic carbocycles. The summed E-state index contributed by atoms with van der Waals surface area (Å²) in [6, 6.07) is 1.08. The van der Waals surface area contributed by atoms with Gasteiger partial charge in [0, 0.05) is 6.07 Å². The third-order valence-corrected chi connectivity index (χ3v) is 1.26. The van der Waals surface area contributed by atoms with Crippen LogP contribution in [0.25, 0.3) is 0 Å². The molecule has 13 heavy (non-hydrogen) atoms. The van der Waals surface area contributed by atoms with E-state index in [2.05, 4.69) is 9.15 Å². The predicted molar refractivity (Wildman–Crippen MR) is 37.9 cm³/mol. The van der Waals surface area contributed by atoms with Crippen molar-refractivity contribution in [2.75, 3.05) is 0 Å². The van der Waals surface area contributed by atoms with E-state index in [4.69, 9.17) is 5.41 Å². The molecule has 0 amide bonds. The summed E-state index contributed by atoms with van der Waals surface area (Å²) in [5.41, 5.74) is 0. The number of aryl methyl sites for hydroxylation is 1. The van der Waals surface area contributed by atoms with Gasteiger partial charge >= 0.3 is 6.18 Å². The second-order valence-corrected chi connectivity index (χ2v) is 2.28. The molecule has 0 saturated carbocycles. The number of nitrogens with one attached hydrogen (secondary N) is 1. The van der Waals surface area contributed by atoms with Crippen LogP contribution in [0.1, 0.15) is 11.5 Å². The number of hydrogen-bond acceptors (Lipinski definition) is 3. The van der Waals surface area contributed by atoms with E-state index in [0.717, 1.165) is 6.07 Å². The lowest BCUT2D eigenvalue weighted by atomic mass is 10.4. The van der Waals surface area contributed by atoms with Crippen LogP contribution in [0.3, 0.4) is 0 Å². The van der Waals surface area contributed by atoms with Gasteiger partial charge in [-0.1, -0.05) is 0 Å². The van der Waals surface area contributed by atoms with E-state index < -0.39 is 17.7 Å². The summed E-state index contributed by atoms with van der Waals surface area (Å²) >= 11 is 0. The molecule has 0 aliphatic carbocycles. The molecule has 0 atom stereocenters. The molecule has 6 heteroatoms. The molecule has 0 saturated heterocycles. The number of alkyl halides is 3. The zero-order chi connectivity index (χ0) is 10.1. The lowest BCUT2D eigenvalue weighted by Crippen LogP contribution is -2.05. The Morgan fingerprint density at radius 2 is 2.15 bits per heavy atom. The minimum atomic E-state index is -4.59. The quantitative estimate of drug-likeness (QED) is 0.579. The number of hydrogen-bond donors (Lipinski definition) is 1. The van der Waals surface area contributed by atoms with Gasteiger partial charge < -0.3 is 9.15 Å². The van der Waals surface area contributed by atoms with Gasteiger partial charge in [0.25, 0.3) is 5.76 Å². The Labute approximate surface area is 71.6 Å². The van der Waals surface area contributed by atoms with Gasteiger partial charge in [0.1, 0.15) is 5.76 Å². The number of furan rings is 1. The van der Waals surface area contributed by atoms with Gasteiger partial charge in [0.15, 0.2) is 12.2 Å². The molecule has 1 aromatic heterocycles. The molecule has 0 bridgehead atoms. The van der Waals surface area contributed by atoms with Crippen molar-refractivity contribution in [3.8, 4) is 5.75 Å². The summed E-state index contributed by atoms with van der Waals surface area (Å²) in [5, 5.41) is 6.49. The SMILES string of the molecule is Cc1cc(OC=N)c(C(F)(F)F)o1. The number of ether oxygens (including phenoxy) is 1. The van der Waals surface area contributed by atoms with Crippen molar-refractivity contribution in [1.29, 1.82) is 5.41 Å². The van der Waals surface area contributed by atoms with Crippen LogP contribution in [0.4, 0.5) is 13.2 Å². The Morgan fingerprint density at radius 3 is 2.62 bits per heavy atom. The van der Waals surface area contributed by atoms with E-state index >= 15 is 0 Å². The van der Waals surface area contributed by atoms with Crippen LogP contribution in [0.5, 0.6) is 5.75 Å². The highest BCUT2D eigenvalue weighted by Gasteiger charge is 2.39. The van der Waals surface area contributed by atoms with E-state index in [1.807, 2.05) is 0 Å². The molecule has 0 aliphatic heterocycles. The van der Waals surface area contributed by atoms with Crippen molar-refractivity contribution >= 4 is 6.40 Å². The maximum Gasteiger partial charge on any atom is 0.453 e. The van der Waals surface area contributed by atoms with Crippen LogP contribution in [-0.2, 0) is 6.18 Å². The highest BCUT2D eigenvalue weighted by Crippen LogP contribution is 2.38. The lowest BCUT2D eigenvalue weighted by Gasteiger charge is -2.03. The average Bonchev–Trinajstić information content (AvgIpc) is 2.30. The molecular formula is C7H6F3NO2. The van der Waals surface area contributed by atoms with Gasteiger partial charge in [-0.15, -0.1) is 0 Å². The highest BCUT2D eigenvalue weighted by molar-refractivity contribution is 5.49. The van der Waals surface area contributed by atoms with Gasteiger partial charge in [0.05, 0.1) is 0 Å². The Bertz CT molecular complexity index is 316. The summed E-state index contributed by atoms with van der Waals surface area (Å²) in [4.78, 5) is 0. The Balaban J connectivity index is 3.11. The maximum atomic E-state index is 12.1. The van der Waals surface area contributed by atoms with Gasteiger partial charge in [-0.05, 0) is 6.92 Å². The lowest BCUT2D eigenvalue weighted by molar-refractivity contribution is -0.154. The first-order chi connectivity index (χ1) is 5.95. The first kappa shape index (κ1) is 9.63. The molecule has 3 nitrogen and oxygen atoms in total. The summed E-state index contributed by atoms with van der Waals surface area (Å²) in [6.45, 7) is 1.37. The largest absolute Gasteiger partial charge is 0.453 e. The topological polar surface area (TPSA) is 46.2 Å². The normalized spacial score (nSPS) is 11.4. The van der Waals surface area contributed by atoms with E-state index in [0.29, 0.717) is 6.40 Å².